The summed E-state index contributed by atoms with van der Waals surface area (Å²) in [5.41, 5.74) is 0.388. The van der Waals surface area contributed by atoms with Crippen molar-refractivity contribution in [2.45, 2.75) is 0 Å². The molecule has 0 aliphatic rings. The Morgan fingerprint density at radius 2 is 0.800 bits per heavy atom. The number of hydrogen-bond donors (Lipinski definition) is 0. The third kappa shape index (κ3) is 5.06. The molecule has 0 radical (unpaired) electrons. The lowest BCUT2D eigenvalue weighted by Gasteiger charge is -2.15. The van der Waals surface area contributed by atoms with Crippen LogP contribution in [-0.4, -0.2) is 52.9 Å². The molecule has 0 amide bonds. The summed E-state index contributed by atoms with van der Waals surface area (Å²) in [5.74, 6) is 2.05. The van der Waals surface area contributed by atoms with Gasteiger partial charge >= 0.3 is 0 Å². The molecule has 0 unspecified atom stereocenters. The van der Waals surface area contributed by atoms with Crippen molar-refractivity contribution in [3.63, 3.8) is 0 Å². The number of rotatable bonds is 8. The molecule has 0 spiro atoms. The van der Waals surface area contributed by atoms with Gasteiger partial charge in [-0.1, -0.05) is 0 Å². The molecule has 0 atom stereocenters. The zero-order chi connectivity index (χ0) is 22.3. The normalized spacial score (nSPS) is 10.2. The van der Waals surface area contributed by atoms with Crippen molar-refractivity contribution in [3.8, 4) is 34.5 Å². The molecular formula is C20H22O8S2. The largest absolute Gasteiger partial charge is 0.496 e. The number of carbonyl (C=O) groups excluding carboxylic acids is 2. The predicted molar refractivity (Wildman–Crippen MR) is 116 cm³/mol. The van der Waals surface area contributed by atoms with Crippen LogP contribution in [0.5, 0.6) is 34.5 Å². The highest BCUT2D eigenvalue weighted by Gasteiger charge is 2.26. The molecule has 8 nitrogen and oxygen atoms in total. The third-order valence-electron chi connectivity index (χ3n) is 4.03. The molecule has 2 aromatic carbocycles. The summed E-state index contributed by atoms with van der Waals surface area (Å²) in [6, 6.07) is 6.27. The molecule has 2 rings (SSSR count). The number of methoxy groups -OCH3 is 6. The Morgan fingerprint density at radius 1 is 0.533 bits per heavy atom. The Labute approximate surface area is 182 Å². The molecule has 0 aromatic heterocycles. The smallest absolute Gasteiger partial charge is 0.237 e. The molecule has 0 saturated carbocycles. The standard InChI is InChI=1S/C20H22O8S2/c1-23-11-7-13(25-3)17(14(8-11)26-4)19(21)29-30-20(22)18-15(27-5)9-12(24-2)10-16(18)28-6/h7-10H,1-6H3. The van der Waals surface area contributed by atoms with E-state index in [0.29, 0.717) is 11.5 Å². The average Bonchev–Trinajstić information content (AvgIpc) is 2.79. The second-order valence-electron chi connectivity index (χ2n) is 5.56. The van der Waals surface area contributed by atoms with Crippen molar-refractivity contribution in [2.24, 2.45) is 0 Å². The first-order valence-electron chi connectivity index (χ1n) is 8.47. The molecule has 2 aromatic rings. The van der Waals surface area contributed by atoms with Gasteiger partial charge in [0.15, 0.2) is 0 Å². The molecule has 0 fully saturated rings. The minimum absolute atomic E-state index is 0.194. The Kier molecular flexibility index (Phi) is 8.55. The van der Waals surface area contributed by atoms with Crippen LogP contribution >= 0.6 is 21.6 Å². The molecule has 0 heterocycles. The molecular weight excluding hydrogens is 432 g/mol. The second kappa shape index (κ2) is 10.9. The highest BCUT2D eigenvalue weighted by Crippen LogP contribution is 2.42. The van der Waals surface area contributed by atoms with E-state index in [9.17, 15) is 9.59 Å². The van der Waals surface area contributed by atoms with Gasteiger partial charge in [-0.25, -0.2) is 0 Å². The van der Waals surface area contributed by atoms with E-state index in [4.69, 9.17) is 28.4 Å². The first kappa shape index (κ1) is 23.6. The minimum Gasteiger partial charge on any atom is -0.496 e. The monoisotopic (exact) mass is 454 g/mol. The summed E-state index contributed by atoms with van der Waals surface area (Å²) < 4.78 is 31.6. The highest BCUT2D eigenvalue weighted by molar-refractivity contribution is 8.87. The van der Waals surface area contributed by atoms with Crippen molar-refractivity contribution >= 4 is 31.8 Å². The zero-order valence-electron chi connectivity index (χ0n) is 17.4. The zero-order valence-corrected chi connectivity index (χ0v) is 19.0. The molecule has 30 heavy (non-hydrogen) atoms. The minimum atomic E-state index is -0.420. The Hall–Kier alpha value is -2.72. The summed E-state index contributed by atoms with van der Waals surface area (Å²) in [5, 5.41) is -0.840. The number of benzene rings is 2. The van der Waals surface area contributed by atoms with Crippen LogP contribution in [0.15, 0.2) is 24.3 Å². The van der Waals surface area contributed by atoms with Gasteiger partial charge in [0.05, 0.1) is 42.7 Å². The van der Waals surface area contributed by atoms with Gasteiger partial charge in [0, 0.05) is 24.3 Å². The highest BCUT2D eigenvalue weighted by atomic mass is 33.1. The Morgan fingerprint density at radius 3 is 1.00 bits per heavy atom. The van der Waals surface area contributed by atoms with Crippen LogP contribution < -0.4 is 28.4 Å². The van der Waals surface area contributed by atoms with Gasteiger partial charge in [-0.05, 0) is 21.6 Å². The van der Waals surface area contributed by atoms with Gasteiger partial charge in [-0.15, -0.1) is 0 Å². The molecule has 162 valence electrons. The van der Waals surface area contributed by atoms with E-state index in [-0.39, 0.29) is 34.1 Å². The summed E-state index contributed by atoms with van der Waals surface area (Å²) in [4.78, 5) is 25.7. The van der Waals surface area contributed by atoms with Crippen LogP contribution in [0.25, 0.3) is 0 Å². The topological polar surface area (TPSA) is 89.5 Å². The second-order valence-corrected chi connectivity index (χ2v) is 7.63. The van der Waals surface area contributed by atoms with E-state index in [2.05, 4.69) is 0 Å². The van der Waals surface area contributed by atoms with Gasteiger partial charge < -0.3 is 28.4 Å². The van der Waals surface area contributed by atoms with Gasteiger partial charge in [0.25, 0.3) is 0 Å². The van der Waals surface area contributed by atoms with E-state index in [1.165, 1.54) is 42.7 Å². The van der Waals surface area contributed by atoms with Gasteiger partial charge in [0.1, 0.15) is 45.6 Å². The van der Waals surface area contributed by atoms with E-state index in [1.54, 1.807) is 24.3 Å². The fraction of sp³-hybridized carbons (Fsp3) is 0.300. The van der Waals surface area contributed by atoms with Crippen LogP contribution in [0.3, 0.4) is 0 Å². The van der Waals surface area contributed by atoms with Gasteiger partial charge in [0.2, 0.25) is 10.2 Å². The maximum Gasteiger partial charge on any atom is 0.237 e. The third-order valence-corrected chi connectivity index (χ3v) is 5.98. The summed E-state index contributed by atoms with van der Waals surface area (Å²) in [6.07, 6.45) is 0. The fourth-order valence-electron chi connectivity index (χ4n) is 2.57. The summed E-state index contributed by atoms with van der Waals surface area (Å²) in [6.45, 7) is 0. The summed E-state index contributed by atoms with van der Waals surface area (Å²) in [7, 11) is 10.2. The van der Waals surface area contributed by atoms with Crippen molar-refractivity contribution in [1.29, 1.82) is 0 Å². The first-order chi connectivity index (χ1) is 14.4. The molecule has 0 N–H and O–H groups in total. The Balaban J connectivity index is 2.30. The Bertz CT molecular complexity index is 804. The molecule has 0 aliphatic carbocycles. The van der Waals surface area contributed by atoms with Gasteiger partial charge in [-0.2, -0.15) is 0 Å². The van der Waals surface area contributed by atoms with Crippen molar-refractivity contribution in [2.75, 3.05) is 42.7 Å². The van der Waals surface area contributed by atoms with E-state index in [0.717, 1.165) is 21.6 Å². The van der Waals surface area contributed by atoms with Crippen LogP contribution in [0, 0.1) is 0 Å². The van der Waals surface area contributed by atoms with E-state index < -0.39 is 10.2 Å². The van der Waals surface area contributed by atoms with E-state index >= 15 is 0 Å². The maximum atomic E-state index is 12.9. The van der Waals surface area contributed by atoms with Crippen LogP contribution in [0.4, 0.5) is 0 Å². The fourth-order valence-corrected chi connectivity index (χ4v) is 4.25. The predicted octanol–water partition coefficient (Wildman–Crippen LogP) is 4.10. The number of hydrogen-bond acceptors (Lipinski definition) is 10. The lowest BCUT2D eigenvalue weighted by Crippen LogP contribution is -2.04. The maximum absolute atomic E-state index is 12.9. The quantitative estimate of drug-likeness (QED) is 0.543. The number of carbonyl (C=O) groups is 2. The van der Waals surface area contributed by atoms with Crippen LogP contribution in [0.1, 0.15) is 20.7 Å². The lowest BCUT2D eigenvalue weighted by atomic mass is 10.2. The SMILES string of the molecule is COc1cc(OC)c(C(=O)SSC(=O)c2c(OC)cc(OC)cc2OC)c(OC)c1. The van der Waals surface area contributed by atoms with Crippen molar-refractivity contribution < 1.29 is 38.0 Å². The molecule has 0 aliphatic heterocycles. The first-order valence-corrected chi connectivity index (χ1v) is 10.6. The van der Waals surface area contributed by atoms with E-state index in [1.807, 2.05) is 0 Å². The van der Waals surface area contributed by atoms with Crippen LogP contribution in [0.2, 0.25) is 0 Å². The molecule has 0 bridgehead atoms. The average molecular weight is 455 g/mol. The molecule has 0 saturated heterocycles. The van der Waals surface area contributed by atoms with Crippen molar-refractivity contribution in [1.82, 2.24) is 0 Å². The number of ether oxygens (including phenoxy) is 6. The summed E-state index contributed by atoms with van der Waals surface area (Å²) >= 11 is 0. The lowest BCUT2D eigenvalue weighted by molar-refractivity contribution is 0.107. The van der Waals surface area contributed by atoms with Gasteiger partial charge in [-0.3, -0.25) is 9.59 Å². The van der Waals surface area contributed by atoms with Crippen LogP contribution in [-0.2, 0) is 0 Å². The molecule has 10 heteroatoms. The van der Waals surface area contributed by atoms with Crippen molar-refractivity contribution in [3.05, 3.63) is 35.4 Å².